The maximum Gasteiger partial charge on any atom is 0.410 e. The Morgan fingerprint density at radius 1 is 1.23 bits per heavy atom. The molecule has 26 heavy (non-hydrogen) atoms. The Morgan fingerprint density at radius 2 is 2.00 bits per heavy atom. The number of aromatic nitrogens is 2. The Hall–Kier alpha value is -2.05. The van der Waals surface area contributed by atoms with E-state index in [0.29, 0.717) is 18.4 Å². The van der Waals surface area contributed by atoms with Crippen molar-refractivity contribution in [2.45, 2.75) is 77.0 Å². The van der Waals surface area contributed by atoms with Crippen LogP contribution in [0.15, 0.2) is 12.3 Å². The summed E-state index contributed by atoms with van der Waals surface area (Å²) in [7, 11) is 0. The molecule has 2 heterocycles. The van der Waals surface area contributed by atoms with Crippen LogP contribution in [0.25, 0.3) is 0 Å². The van der Waals surface area contributed by atoms with Gasteiger partial charge in [-0.05, 0) is 59.3 Å². The van der Waals surface area contributed by atoms with E-state index in [-0.39, 0.29) is 18.2 Å². The number of hydrogen-bond donors (Lipinski definition) is 1. The van der Waals surface area contributed by atoms with E-state index in [0.717, 1.165) is 32.2 Å². The molecule has 1 aromatic heterocycles. The number of likely N-dealkylation sites (tertiary alicyclic amines) is 1. The summed E-state index contributed by atoms with van der Waals surface area (Å²) in [6.07, 6.45) is 8.27. The van der Waals surface area contributed by atoms with Gasteiger partial charge in [0.15, 0.2) is 0 Å². The van der Waals surface area contributed by atoms with E-state index in [1.54, 1.807) is 17.2 Å². The van der Waals surface area contributed by atoms with Crippen molar-refractivity contribution in [3.05, 3.63) is 12.3 Å². The molecule has 1 aliphatic carbocycles. The van der Waals surface area contributed by atoms with E-state index in [9.17, 15) is 4.79 Å². The fourth-order valence-corrected chi connectivity index (χ4v) is 3.42. The van der Waals surface area contributed by atoms with Crippen LogP contribution in [0.5, 0.6) is 5.88 Å². The van der Waals surface area contributed by atoms with Gasteiger partial charge in [-0.3, -0.25) is 0 Å². The highest BCUT2D eigenvalue weighted by Crippen LogP contribution is 2.23. The van der Waals surface area contributed by atoms with Crippen molar-refractivity contribution in [2.24, 2.45) is 0 Å². The molecule has 1 N–H and O–H groups in total. The van der Waals surface area contributed by atoms with Crippen LogP contribution in [0, 0.1) is 0 Å². The monoisotopic (exact) mass is 362 g/mol. The molecule has 1 amide bonds. The number of nitrogens with zero attached hydrogens (tertiary/aromatic N) is 3. The van der Waals surface area contributed by atoms with Crippen LogP contribution in [0.2, 0.25) is 0 Å². The topological polar surface area (TPSA) is 76.6 Å². The smallest absolute Gasteiger partial charge is 0.410 e. The number of carbonyl (C=O) groups is 1. The first-order valence-electron chi connectivity index (χ1n) is 9.63. The maximum atomic E-state index is 12.3. The minimum atomic E-state index is -0.480. The fourth-order valence-electron chi connectivity index (χ4n) is 3.42. The molecule has 2 fully saturated rings. The summed E-state index contributed by atoms with van der Waals surface area (Å²) in [5.41, 5.74) is -0.480. The zero-order valence-electron chi connectivity index (χ0n) is 16.0. The zero-order valence-corrected chi connectivity index (χ0v) is 16.0. The van der Waals surface area contributed by atoms with Gasteiger partial charge in [0, 0.05) is 31.4 Å². The molecule has 2 aliphatic rings. The van der Waals surface area contributed by atoms with Gasteiger partial charge in [0.05, 0.1) is 0 Å². The number of rotatable bonds is 4. The SMILES string of the molecule is CC(C)(C)OC(=O)N1CCC[C@@H](Nc2nccc(OC3CCCC3)n2)C1. The van der Waals surface area contributed by atoms with Crippen LogP contribution in [0.4, 0.5) is 10.7 Å². The number of hydrogen-bond acceptors (Lipinski definition) is 6. The molecule has 0 spiro atoms. The van der Waals surface area contributed by atoms with E-state index in [1.807, 2.05) is 20.8 Å². The fraction of sp³-hybridized carbons (Fsp3) is 0.737. The molecule has 7 nitrogen and oxygen atoms in total. The van der Waals surface area contributed by atoms with Gasteiger partial charge >= 0.3 is 6.09 Å². The molecule has 1 atom stereocenters. The molecule has 0 radical (unpaired) electrons. The lowest BCUT2D eigenvalue weighted by molar-refractivity contribution is 0.0206. The van der Waals surface area contributed by atoms with Crippen LogP contribution in [-0.2, 0) is 4.74 Å². The third-order valence-corrected chi connectivity index (χ3v) is 4.63. The Labute approximate surface area is 155 Å². The van der Waals surface area contributed by atoms with Crippen molar-refractivity contribution in [3.8, 4) is 5.88 Å². The third kappa shape index (κ3) is 5.47. The molecule has 1 saturated heterocycles. The summed E-state index contributed by atoms with van der Waals surface area (Å²) in [6, 6.07) is 1.91. The van der Waals surface area contributed by atoms with Crippen molar-refractivity contribution in [1.29, 1.82) is 0 Å². The zero-order chi connectivity index (χ0) is 18.6. The quantitative estimate of drug-likeness (QED) is 0.882. The van der Waals surface area contributed by atoms with E-state index >= 15 is 0 Å². The molecule has 0 aromatic carbocycles. The highest BCUT2D eigenvalue weighted by molar-refractivity contribution is 5.68. The lowest BCUT2D eigenvalue weighted by Crippen LogP contribution is -2.47. The number of nitrogens with one attached hydrogen (secondary N) is 1. The van der Waals surface area contributed by atoms with Crippen LogP contribution in [-0.4, -0.2) is 51.8 Å². The molecular formula is C19H30N4O3. The van der Waals surface area contributed by atoms with Crippen molar-refractivity contribution in [2.75, 3.05) is 18.4 Å². The first-order chi connectivity index (χ1) is 12.4. The van der Waals surface area contributed by atoms with Crippen LogP contribution >= 0.6 is 0 Å². The van der Waals surface area contributed by atoms with Gasteiger partial charge in [-0.15, -0.1) is 0 Å². The second-order valence-electron chi connectivity index (χ2n) is 8.15. The van der Waals surface area contributed by atoms with Crippen LogP contribution < -0.4 is 10.1 Å². The van der Waals surface area contributed by atoms with Gasteiger partial charge in [-0.1, -0.05) is 0 Å². The Kier molecular flexibility index (Phi) is 5.84. The molecule has 1 saturated carbocycles. The van der Waals surface area contributed by atoms with Gasteiger partial charge in [0.25, 0.3) is 0 Å². The number of anilines is 1. The van der Waals surface area contributed by atoms with Gasteiger partial charge in [-0.2, -0.15) is 4.98 Å². The molecule has 3 rings (SSSR count). The molecule has 1 aliphatic heterocycles. The van der Waals surface area contributed by atoms with Crippen LogP contribution in [0.3, 0.4) is 0 Å². The number of piperidine rings is 1. The number of ether oxygens (including phenoxy) is 2. The summed E-state index contributed by atoms with van der Waals surface area (Å²) in [5, 5.41) is 3.34. The van der Waals surface area contributed by atoms with E-state index in [2.05, 4.69) is 15.3 Å². The predicted molar refractivity (Wildman–Crippen MR) is 99.4 cm³/mol. The average molecular weight is 362 g/mol. The molecular weight excluding hydrogens is 332 g/mol. The summed E-state index contributed by atoms with van der Waals surface area (Å²) in [4.78, 5) is 22.8. The Bertz CT molecular complexity index is 611. The lowest BCUT2D eigenvalue weighted by atomic mass is 10.1. The number of amides is 1. The van der Waals surface area contributed by atoms with E-state index in [4.69, 9.17) is 9.47 Å². The Balaban J connectivity index is 1.55. The van der Waals surface area contributed by atoms with Crippen molar-refractivity contribution in [3.63, 3.8) is 0 Å². The van der Waals surface area contributed by atoms with Gasteiger partial charge in [0.2, 0.25) is 11.8 Å². The molecule has 0 bridgehead atoms. The predicted octanol–water partition coefficient (Wildman–Crippen LogP) is 3.61. The highest BCUT2D eigenvalue weighted by atomic mass is 16.6. The van der Waals surface area contributed by atoms with Crippen molar-refractivity contribution < 1.29 is 14.3 Å². The second-order valence-corrected chi connectivity index (χ2v) is 8.15. The van der Waals surface area contributed by atoms with Gasteiger partial charge < -0.3 is 19.7 Å². The van der Waals surface area contributed by atoms with Gasteiger partial charge in [-0.25, -0.2) is 9.78 Å². The minimum Gasteiger partial charge on any atom is -0.474 e. The third-order valence-electron chi connectivity index (χ3n) is 4.63. The summed E-state index contributed by atoms with van der Waals surface area (Å²) >= 11 is 0. The molecule has 1 aromatic rings. The van der Waals surface area contributed by atoms with Crippen molar-refractivity contribution in [1.82, 2.24) is 14.9 Å². The molecule has 7 heteroatoms. The number of carbonyl (C=O) groups excluding carboxylic acids is 1. The molecule has 0 unspecified atom stereocenters. The van der Waals surface area contributed by atoms with Crippen LogP contribution in [0.1, 0.15) is 59.3 Å². The summed E-state index contributed by atoms with van der Waals surface area (Å²) in [6.45, 7) is 6.96. The molecule has 144 valence electrons. The first-order valence-corrected chi connectivity index (χ1v) is 9.63. The summed E-state index contributed by atoms with van der Waals surface area (Å²) < 4.78 is 11.4. The average Bonchev–Trinajstić information content (AvgIpc) is 3.07. The maximum absolute atomic E-state index is 12.3. The second kappa shape index (κ2) is 8.10. The normalized spacial score (nSPS) is 21.5. The van der Waals surface area contributed by atoms with Crippen molar-refractivity contribution >= 4 is 12.0 Å². The first kappa shape index (κ1) is 18.7. The van der Waals surface area contributed by atoms with Gasteiger partial charge in [0.1, 0.15) is 11.7 Å². The Morgan fingerprint density at radius 3 is 2.73 bits per heavy atom. The summed E-state index contributed by atoms with van der Waals surface area (Å²) in [5.74, 6) is 1.17. The van der Waals surface area contributed by atoms with E-state index < -0.39 is 5.60 Å². The standard InChI is InChI=1S/C19H30N4O3/c1-19(2,3)26-18(24)23-12-6-7-14(13-23)21-17-20-11-10-16(22-17)25-15-8-4-5-9-15/h10-11,14-15H,4-9,12-13H2,1-3H3,(H,20,21,22)/t14-/m1/s1. The van der Waals surface area contributed by atoms with E-state index in [1.165, 1.54) is 12.8 Å². The largest absolute Gasteiger partial charge is 0.474 e. The highest BCUT2D eigenvalue weighted by Gasteiger charge is 2.28. The minimum absolute atomic E-state index is 0.109. The lowest BCUT2D eigenvalue weighted by Gasteiger charge is -2.34.